The third kappa shape index (κ3) is 7.17. The molecule has 8 nitrogen and oxygen atoms in total. The molecular weight excluding hydrogens is 332 g/mol. The Morgan fingerprint density at radius 2 is 0.962 bits per heavy atom. The van der Waals surface area contributed by atoms with Crippen LogP contribution in [0.4, 0.5) is 9.59 Å². The highest BCUT2D eigenvalue weighted by molar-refractivity contribution is 5.75. The van der Waals surface area contributed by atoms with Crippen molar-refractivity contribution in [3.63, 3.8) is 0 Å². The molecule has 2 atom stereocenters. The fourth-order valence-electron chi connectivity index (χ4n) is 2.23. The van der Waals surface area contributed by atoms with E-state index < -0.39 is 11.3 Å². The minimum Gasteiger partial charge on any atom is -0.325 e. The number of hydrogen-bond acceptors (Lipinski definition) is 4. The predicted molar refractivity (Wildman–Crippen MR) is 105 cm³/mol. The summed E-state index contributed by atoms with van der Waals surface area (Å²) in [6.45, 7) is 17.8. The van der Waals surface area contributed by atoms with Gasteiger partial charge in [0.2, 0.25) is 0 Å². The molecule has 152 valence electrons. The summed E-state index contributed by atoms with van der Waals surface area (Å²) < 4.78 is 0. The zero-order valence-corrected chi connectivity index (χ0v) is 17.8. The average Bonchev–Trinajstić information content (AvgIpc) is 2.62. The number of azo groups is 1. The average molecular weight is 371 g/mol. The first-order valence-corrected chi connectivity index (χ1v) is 9.72. The van der Waals surface area contributed by atoms with Gasteiger partial charge in [-0.05, 0) is 54.4 Å². The molecule has 4 amide bonds. The number of rotatable bonds is 10. The lowest BCUT2D eigenvalue weighted by Crippen LogP contribution is -2.52. The Morgan fingerprint density at radius 1 is 0.692 bits per heavy atom. The summed E-state index contributed by atoms with van der Waals surface area (Å²) >= 11 is 0. The molecule has 0 aromatic carbocycles. The second-order valence-corrected chi connectivity index (χ2v) is 6.66. The van der Waals surface area contributed by atoms with E-state index >= 15 is 0 Å². The Balaban J connectivity index is 5.26. The third-order valence-corrected chi connectivity index (χ3v) is 4.72. The second-order valence-electron chi connectivity index (χ2n) is 6.66. The standard InChI is InChI=1S/C18H38N6O2/c1-9-17(7,19-15(25)23(11-3)12-4)21-22-18(8,10-2)20-16(26)24(13-5)14-6/h9-14H2,1-8H3,(H,19,25)(H,20,26). The summed E-state index contributed by atoms with van der Waals surface area (Å²) in [6, 6.07) is -0.327. The van der Waals surface area contributed by atoms with E-state index in [1.165, 1.54) is 0 Å². The Bertz CT molecular complexity index is 434. The highest BCUT2D eigenvalue weighted by atomic mass is 16.2. The number of nitrogens with one attached hydrogen (secondary N) is 2. The first kappa shape index (κ1) is 24.1. The van der Waals surface area contributed by atoms with E-state index in [0.29, 0.717) is 39.0 Å². The Kier molecular flexibility index (Phi) is 10.2. The molecule has 2 N–H and O–H groups in total. The van der Waals surface area contributed by atoms with Crippen LogP contribution in [-0.2, 0) is 0 Å². The van der Waals surface area contributed by atoms with Crippen LogP contribution in [-0.4, -0.2) is 59.4 Å². The van der Waals surface area contributed by atoms with Crippen LogP contribution in [0.15, 0.2) is 10.2 Å². The normalized spacial score (nSPS) is 15.8. The van der Waals surface area contributed by atoms with E-state index in [1.54, 1.807) is 9.80 Å². The summed E-state index contributed by atoms with van der Waals surface area (Å²) in [6.07, 6.45) is 1.18. The molecule has 8 heteroatoms. The first-order valence-electron chi connectivity index (χ1n) is 9.72. The highest BCUT2D eigenvalue weighted by Gasteiger charge is 2.30. The quantitative estimate of drug-likeness (QED) is 0.573. The number of carbonyl (C=O) groups excluding carboxylic acids is 2. The van der Waals surface area contributed by atoms with Gasteiger partial charge in [-0.15, -0.1) is 0 Å². The van der Waals surface area contributed by atoms with Crippen molar-refractivity contribution in [2.24, 2.45) is 10.2 Å². The van der Waals surface area contributed by atoms with Crippen molar-refractivity contribution in [3.8, 4) is 0 Å². The van der Waals surface area contributed by atoms with Crippen molar-refractivity contribution in [1.82, 2.24) is 20.4 Å². The van der Waals surface area contributed by atoms with Gasteiger partial charge in [-0.2, -0.15) is 10.2 Å². The minimum absolute atomic E-state index is 0.163. The zero-order valence-electron chi connectivity index (χ0n) is 17.8. The number of urea groups is 2. The van der Waals surface area contributed by atoms with Gasteiger partial charge in [0, 0.05) is 26.2 Å². The van der Waals surface area contributed by atoms with Gasteiger partial charge < -0.3 is 20.4 Å². The molecule has 0 fully saturated rings. The fraction of sp³-hybridized carbons (Fsp3) is 0.889. The predicted octanol–water partition coefficient (Wildman–Crippen LogP) is 3.79. The van der Waals surface area contributed by atoms with Crippen molar-refractivity contribution in [2.45, 2.75) is 79.6 Å². The van der Waals surface area contributed by atoms with Gasteiger partial charge in [0.25, 0.3) is 0 Å². The molecule has 0 saturated carbocycles. The second kappa shape index (κ2) is 11.0. The first-order chi connectivity index (χ1) is 12.1. The maximum absolute atomic E-state index is 12.4. The minimum atomic E-state index is -0.823. The SMILES string of the molecule is CCN(CC)C(=O)NC(C)(CC)N=NC(C)(CC)NC(=O)N(CC)CC. The molecule has 0 aromatic rings. The molecular formula is C18H38N6O2. The van der Waals surface area contributed by atoms with Crippen LogP contribution in [0, 0.1) is 0 Å². The molecule has 2 unspecified atom stereocenters. The lowest BCUT2D eigenvalue weighted by molar-refractivity contribution is 0.179. The van der Waals surface area contributed by atoms with Gasteiger partial charge in [0.15, 0.2) is 11.3 Å². The lowest BCUT2D eigenvalue weighted by Gasteiger charge is -2.31. The maximum Gasteiger partial charge on any atom is 0.319 e. The van der Waals surface area contributed by atoms with Gasteiger partial charge in [-0.1, -0.05) is 13.8 Å². The Hall–Kier alpha value is -1.86. The molecule has 0 aliphatic carbocycles. The molecule has 0 rings (SSSR count). The topological polar surface area (TPSA) is 89.4 Å². The van der Waals surface area contributed by atoms with Gasteiger partial charge >= 0.3 is 12.1 Å². The highest BCUT2D eigenvalue weighted by Crippen LogP contribution is 2.19. The molecule has 0 bridgehead atoms. The molecule has 0 aliphatic heterocycles. The molecule has 0 spiro atoms. The van der Waals surface area contributed by atoms with E-state index in [1.807, 2.05) is 55.4 Å². The molecule has 0 heterocycles. The molecule has 0 radical (unpaired) electrons. The van der Waals surface area contributed by atoms with Crippen LogP contribution in [0.5, 0.6) is 0 Å². The summed E-state index contributed by atoms with van der Waals surface area (Å²) in [5.41, 5.74) is -1.65. The maximum atomic E-state index is 12.4. The summed E-state index contributed by atoms with van der Waals surface area (Å²) in [5, 5.41) is 14.7. The summed E-state index contributed by atoms with van der Waals surface area (Å²) in [4.78, 5) is 28.1. The molecule has 0 aliphatic rings. The number of carbonyl (C=O) groups is 2. The lowest BCUT2D eigenvalue weighted by atomic mass is 10.1. The monoisotopic (exact) mass is 370 g/mol. The number of hydrogen-bond donors (Lipinski definition) is 2. The van der Waals surface area contributed by atoms with Gasteiger partial charge in [0.05, 0.1) is 0 Å². The smallest absolute Gasteiger partial charge is 0.319 e. The fourth-order valence-corrected chi connectivity index (χ4v) is 2.23. The third-order valence-electron chi connectivity index (χ3n) is 4.72. The summed E-state index contributed by atoms with van der Waals surface area (Å²) in [5.74, 6) is 0. The molecule has 0 aromatic heterocycles. The van der Waals surface area contributed by atoms with Crippen LogP contribution >= 0.6 is 0 Å². The van der Waals surface area contributed by atoms with Crippen LogP contribution in [0.1, 0.15) is 68.2 Å². The largest absolute Gasteiger partial charge is 0.325 e. The molecule has 0 saturated heterocycles. The van der Waals surface area contributed by atoms with E-state index in [-0.39, 0.29) is 12.1 Å². The van der Waals surface area contributed by atoms with Crippen LogP contribution in [0.25, 0.3) is 0 Å². The van der Waals surface area contributed by atoms with Crippen molar-refractivity contribution in [1.29, 1.82) is 0 Å². The van der Waals surface area contributed by atoms with Gasteiger partial charge in [-0.3, -0.25) is 0 Å². The Labute approximate surface area is 158 Å². The van der Waals surface area contributed by atoms with Crippen LogP contribution < -0.4 is 10.6 Å². The van der Waals surface area contributed by atoms with Gasteiger partial charge in [0.1, 0.15) is 0 Å². The van der Waals surface area contributed by atoms with Gasteiger partial charge in [-0.25, -0.2) is 9.59 Å². The van der Waals surface area contributed by atoms with Crippen molar-refractivity contribution >= 4 is 12.1 Å². The van der Waals surface area contributed by atoms with E-state index in [2.05, 4.69) is 20.9 Å². The van der Waals surface area contributed by atoms with E-state index in [0.717, 1.165) is 0 Å². The van der Waals surface area contributed by atoms with Crippen LogP contribution in [0.2, 0.25) is 0 Å². The Morgan fingerprint density at radius 3 is 1.15 bits per heavy atom. The van der Waals surface area contributed by atoms with Crippen molar-refractivity contribution in [3.05, 3.63) is 0 Å². The summed E-state index contributed by atoms with van der Waals surface area (Å²) in [7, 11) is 0. The van der Waals surface area contributed by atoms with E-state index in [4.69, 9.17) is 0 Å². The number of amides is 4. The van der Waals surface area contributed by atoms with Crippen molar-refractivity contribution in [2.75, 3.05) is 26.2 Å². The number of nitrogens with zero attached hydrogens (tertiary/aromatic N) is 4. The van der Waals surface area contributed by atoms with E-state index in [9.17, 15) is 9.59 Å². The van der Waals surface area contributed by atoms with Crippen molar-refractivity contribution < 1.29 is 9.59 Å². The molecule has 26 heavy (non-hydrogen) atoms. The zero-order chi connectivity index (χ0) is 20.4. The van der Waals surface area contributed by atoms with Crippen LogP contribution in [0.3, 0.4) is 0 Å².